The van der Waals surface area contributed by atoms with E-state index >= 15 is 0 Å². The molecule has 0 spiro atoms. The Balaban J connectivity index is 2.18. The monoisotopic (exact) mass is 316 g/mol. The maximum atomic E-state index is 12.5. The van der Waals surface area contributed by atoms with Gasteiger partial charge in [-0.1, -0.05) is 22.9 Å². The number of carboxylic acids is 1. The third-order valence-electron chi connectivity index (χ3n) is 3.46. The van der Waals surface area contributed by atoms with Gasteiger partial charge in [0.05, 0.1) is 18.3 Å². The standard InChI is InChI=1S/C16H20N4O3/c1-11(2)19(9-8-15(21)22)16(23)14-10-20(18-17-14)13-6-4-12(3)5-7-13/h4-7,10-11H,8-9H2,1-3H3,(H,21,22). The molecule has 0 saturated heterocycles. The molecule has 0 unspecified atom stereocenters. The lowest BCUT2D eigenvalue weighted by Gasteiger charge is -2.25. The molecule has 2 aromatic rings. The van der Waals surface area contributed by atoms with Crippen molar-refractivity contribution in [1.29, 1.82) is 0 Å². The summed E-state index contributed by atoms with van der Waals surface area (Å²) in [6.45, 7) is 5.81. The first-order valence-electron chi connectivity index (χ1n) is 7.40. The summed E-state index contributed by atoms with van der Waals surface area (Å²) in [6, 6.07) is 7.56. The van der Waals surface area contributed by atoms with Gasteiger partial charge in [-0.15, -0.1) is 5.10 Å². The molecule has 122 valence electrons. The van der Waals surface area contributed by atoms with Crippen LogP contribution in [0.4, 0.5) is 0 Å². The van der Waals surface area contributed by atoms with Crippen LogP contribution in [0.2, 0.25) is 0 Å². The number of carbonyl (C=O) groups excluding carboxylic acids is 1. The third-order valence-corrected chi connectivity index (χ3v) is 3.46. The van der Waals surface area contributed by atoms with Crippen LogP contribution in [0.25, 0.3) is 5.69 Å². The molecule has 1 heterocycles. The SMILES string of the molecule is Cc1ccc(-n2cc(C(=O)N(CCC(=O)O)C(C)C)nn2)cc1. The van der Waals surface area contributed by atoms with Gasteiger partial charge in [0, 0.05) is 12.6 Å². The predicted octanol–water partition coefficient (Wildman–Crippen LogP) is 1.90. The van der Waals surface area contributed by atoms with E-state index in [1.165, 1.54) is 9.58 Å². The van der Waals surface area contributed by atoms with Gasteiger partial charge in [-0.3, -0.25) is 9.59 Å². The molecule has 2 rings (SSSR count). The molecular weight excluding hydrogens is 296 g/mol. The summed E-state index contributed by atoms with van der Waals surface area (Å²) in [5.74, 6) is -1.26. The Morgan fingerprint density at radius 1 is 1.26 bits per heavy atom. The van der Waals surface area contributed by atoms with Gasteiger partial charge in [0.15, 0.2) is 5.69 Å². The zero-order valence-corrected chi connectivity index (χ0v) is 13.4. The van der Waals surface area contributed by atoms with Gasteiger partial charge in [-0.25, -0.2) is 4.68 Å². The first-order chi connectivity index (χ1) is 10.9. The summed E-state index contributed by atoms with van der Waals surface area (Å²) in [4.78, 5) is 24.7. The first-order valence-corrected chi connectivity index (χ1v) is 7.40. The number of amides is 1. The van der Waals surface area contributed by atoms with Crippen LogP contribution >= 0.6 is 0 Å². The van der Waals surface area contributed by atoms with Crippen molar-refractivity contribution in [2.75, 3.05) is 6.54 Å². The molecule has 0 saturated carbocycles. The van der Waals surface area contributed by atoms with Gasteiger partial charge >= 0.3 is 5.97 Å². The normalized spacial score (nSPS) is 10.8. The van der Waals surface area contributed by atoms with Crippen molar-refractivity contribution in [2.24, 2.45) is 0 Å². The maximum Gasteiger partial charge on any atom is 0.305 e. The molecule has 0 radical (unpaired) electrons. The number of aromatic nitrogens is 3. The zero-order valence-electron chi connectivity index (χ0n) is 13.4. The number of carbonyl (C=O) groups is 2. The minimum Gasteiger partial charge on any atom is -0.481 e. The molecule has 0 bridgehead atoms. The Morgan fingerprint density at radius 3 is 2.48 bits per heavy atom. The van der Waals surface area contributed by atoms with E-state index in [1.54, 1.807) is 6.20 Å². The summed E-state index contributed by atoms with van der Waals surface area (Å²) in [6.07, 6.45) is 1.46. The van der Waals surface area contributed by atoms with E-state index in [9.17, 15) is 9.59 Å². The van der Waals surface area contributed by atoms with Crippen molar-refractivity contribution < 1.29 is 14.7 Å². The van der Waals surface area contributed by atoms with Crippen molar-refractivity contribution in [2.45, 2.75) is 33.2 Å². The molecule has 1 N–H and O–H groups in total. The van der Waals surface area contributed by atoms with E-state index in [0.29, 0.717) is 0 Å². The quantitative estimate of drug-likeness (QED) is 0.879. The van der Waals surface area contributed by atoms with Gasteiger partial charge in [0.25, 0.3) is 5.91 Å². The Bertz CT molecular complexity index is 692. The van der Waals surface area contributed by atoms with Gasteiger partial charge < -0.3 is 10.0 Å². The van der Waals surface area contributed by atoms with Crippen LogP contribution in [0.3, 0.4) is 0 Å². The second-order valence-corrected chi connectivity index (χ2v) is 5.62. The highest BCUT2D eigenvalue weighted by atomic mass is 16.4. The average molecular weight is 316 g/mol. The number of nitrogens with zero attached hydrogens (tertiary/aromatic N) is 4. The highest BCUT2D eigenvalue weighted by molar-refractivity contribution is 5.92. The van der Waals surface area contributed by atoms with Gasteiger partial charge in [0.2, 0.25) is 0 Å². The molecule has 7 nitrogen and oxygen atoms in total. The van der Waals surface area contributed by atoms with E-state index in [-0.39, 0.29) is 30.6 Å². The Morgan fingerprint density at radius 2 is 1.91 bits per heavy atom. The van der Waals surface area contributed by atoms with Gasteiger partial charge in [-0.2, -0.15) is 0 Å². The molecule has 1 aromatic carbocycles. The molecule has 23 heavy (non-hydrogen) atoms. The number of hydrogen-bond donors (Lipinski definition) is 1. The number of aryl methyl sites for hydroxylation is 1. The highest BCUT2D eigenvalue weighted by Crippen LogP contribution is 2.11. The minimum atomic E-state index is -0.938. The average Bonchev–Trinajstić information content (AvgIpc) is 2.97. The van der Waals surface area contributed by atoms with Gasteiger partial charge in [-0.05, 0) is 32.9 Å². The van der Waals surface area contributed by atoms with E-state index in [2.05, 4.69) is 10.3 Å². The van der Waals surface area contributed by atoms with E-state index in [4.69, 9.17) is 5.11 Å². The van der Waals surface area contributed by atoms with Crippen molar-refractivity contribution in [1.82, 2.24) is 19.9 Å². The lowest BCUT2D eigenvalue weighted by Crippen LogP contribution is -2.38. The van der Waals surface area contributed by atoms with E-state index in [0.717, 1.165) is 11.3 Å². The summed E-state index contributed by atoms with van der Waals surface area (Å²) in [7, 11) is 0. The number of carboxylic acid groups (broad SMARTS) is 1. The Labute approximate surface area is 134 Å². The molecule has 1 amide bonds. The Kier molecular flexibility index (Phi) is 5.10. The number of benzene rings is 1. The molecule has 0 aliphatic heterocycles. The number of hydrogen-bond acceptors (Lipinski definition) is 4. The summed E-state index contributed by atoms with van der Waals surface area (Å²) in [5.41, 5.74) is 2.14. The minimum absolute atomic E-state index is 0.101. The van der Waals surface area contributed by atoms with Gasteiger partial charge in [0.1, 0.15) is 0 Å². The largest absolute Gasteiger partial charge is 0.481 e. The van der Waals surface area contributed by atoms with Crippen molar-refractivity contribution in [3.63, 3.8) is 0 Å². The van der Waals surface area contributed by atoms with Crippen LogP contribution in [0.1, 0.15) is 36.3 Å². The molecule has 0 fully saturated rings. The van der Waals surface area contributed by atoms with E-state index < -0.39 is 5.97 Å². The van der Waals surface area contributed by atoms with Crippen LogP contribution in [-0.2, 0) is 4.79 Å². The van der Waals surface area contributed by atoms with Crippen LogP contribution in [0.5, 0.6) is 0 Å². The van der Waals surface area contributed by atoms with Crippen molar-refractivity contribution >= 4 is 11.9 Å². The second-order valence-electron chi connectivity index (χ2n) is 5.62. The summed E-state index contributed by atoms with van der Waals surface area (Å²) >= 11 is 0. The molecule has 1 aromatic heterocycles. The maximum absolute atomic E-state index is 12.5. The lowest BCUT2D eigenvalue weighted by atomic mass is 10.2. The molecule has 0 aliphatic rings. The topological polar surface area (TPSA) is 88.3 Å². The van der Waals surface area contributed by atoms with Crippen LogP contribution in [0.15, 0.2) is 30.5 Å². The lowest BCUT2D eigenvalue weighted by molar-refractivity contribution is -0.137. The fraction of sp³-hybridized carbons (Fsp3) is 0.375. The van der Waals surface area contributed by atoms with Crippen molar-refractivity contribution in [3.8, 4) is 5.69 Å². The fourth-order valence-electron chi connectivity index (χ4n) is 2.14. The zero-order chi connectivity index (χ0) is 17.0. The fourth-order valence-corrected chi connectivity index (χ4v) is 2.14. The molecule has 0 aliphatic carbocycles. The molecule has 7 heteroatoms. The summed E-state index contributed by atoms with van der Waals surface area (Å²) < 4.78 is 1.53. The molecular formula is C16H20N4O3. The highest BCUT2D eigenvalue weighted by Gasteiger charge is 2.22. The van der Waals surface area contributed by atoms with Crippen molar-refractivity contribution in [3.05, 3.63) is 41.7 Å². The van der Waals surface area contributed by atoms with E-state index in [1.807, 2.05) is 45.0 Å². The Hall–Kier alpha value is -2.70. The van der Waals surface area contributed by atoms with Crippen LogP contribution in [-0.4, -0.2) is 49.5 Å². The number of aliphatic carboxylic acids is 1. The van der Waals surface area contributed by atoms with Crippen LogP contribution in [0, 0.1) is 6.92 Å². The molecule has 0 atom stereocenters. The third kappa shape index (κ3) is 4.15. The van der Waals surface area contributed by atoms with Crippen LogP contribution < -0.4 is 0 Å². The predicted molar refractivity (Wildman–Crippen MR) is 84.5 cm³/mol. The smallest absolute Gasteiger partial charge is 0.305 e. The number of rotatable bonds is 6. The second kappa shape index (κ2) is 7.04. The summed E-state index contributed by atoms with van der Waals surface area (Å²) in [5, 5.41) is 16.7. The first kappa shape index (κ1) is 16.7.